The van der Waals surface area contributed by atoms with Crippen molar-refractivity contribution in [2.75, 3.05) is 7.11 Å². The van der Waals surface area contributed by atoms with Crippen LogP contribution in [0.5, 0.6) is 0 Å². The Morgan fingerprint density at radius 2 is 2.00 bits per heavy atom. The number of amides is 1. The smallest absolute Gasteiger partial charge is 0.328 e. The number of methoxy groups -OCH3 is 1. The van der Waals surface area contributed by atoms with Crippen LogP contribution < -0.4 is 5.32 Å². The van der Waals surface area contributed by atoms with Crippen molar-refractivity contribution in [3.05, 3.63) is 0 Å². The van der Waals surface area contributed by atoms with Gasteiger partial charge in [-0.3, -0.25) is 4.79 Å². The number of carbonyl (C=O) groups is 2. The van der Waals surface area contributed by atoms with E-state index in [2.05, 4.69) is 12.2 Å². The van der Waals surface area contributed by atoms with Crippen LogP contribution in [0.3, 0.4) is 0 Å². The lowest BCUT2D eigenvalue weighted by molar-refractivity contribution is -0.145. The summed E-state index contributed by atoms with van der Waals surface area (Å²) in [5, 5.41) is 2.79. The van der Waals surface area contributed by atoms with Gasteiger partial charge in [0.2, 0.25) is 5.91 Å². The predicted molar refractivity (Wildman–Crippen MR) is 65.4 cm³/mol. The molecule has 0 aromatic heterocycles. The van der Waals surface area contributed by atoms with Crippen LogP contribution in [0.4, 0.5) is 0 Å². The molecule has 1 aliphatic rings. The average Bonchev–Trinajstić information content (AvgIpc) is 3.16. The summed E-state index contributed by atoms with van der Waals surface area (Å²) in [6.45, 7) is 2.15. The van der Waals surface area contributed by atoms with E-state index in [1.807, 2.05) is 0 Å². The lowest BCUT2D eigenvalue weighted by Gasteiger charge is -2.16. The van der Waals surface area contributed by atoms with Gasteiger partial charge in [0.05, 0.1) is 7.11 Å². The number of esters is 1. The van der Waals surface area contributed by atoms with Crippen molar-refractivity contribution in [3.8, 4) is 0 Å². The van der Waals surface area contributed by atoms with Gasteiger partial charge < -0.3 is 10.1 Å². The van der Waals surface area contributed by atoms with Gasteiger partial charge in [-0.2, -0.15) is 0 Å². The first-order valence-corrected chi connectivity index (χ1v) is 6.57. The lowest BCUT2D eigenvalue weighted by Crippen LogP contribution is -2.42. The Balaban J connectivity index is 2.31. The molecule has 0 aromatic carbocycles. The van der Waals surface area contributed by atoms with Crippen molar-refractivity contribution in [2.24, 2.45) is 5.92 Å². The molecule has 1 atom stereocenters. The van der Waals surface area contributed by atoms with Crippen LogP contribution in [-0.2, 0) is 14.3 Å². The number of rotatable bonds is 8. The molecule has 0 unspecified atom stereocenters. The highest BCUT2D eigenvalue weighted by molar-refractivity contribution is 5.86. The number of ether oxygens (including phenoxy) is 1. The van der Waals surface area contributed by atoms with E-state index in [-0.39, 0.29) is 17.8 Å². The topological polar surface area (TPSA) is 55.4 Å². The highest BCUT2D eigenvalue weighted by Gasteiger charge is 2.32. The molecular formula is C13H23NO3. The molecular weight excluding hydrogens is 218 g/mol. The maximum atomic E-state index is 11.6. The summed E-state index contributed by atoms with van der Waals surface area (Å²) >= 11 is 0. The zero-order valence-electron chi connectivity index (χ0n) is 10.8. The third-order valence-corrected chi connectivity index (χ3v) is 3.10. The monoisotopic (exact) mass is 241 g/mol. The maximum Gasteiger partial charge on any atom is 0.328 e. The molecule has 0 radical (unpaired) electrons. The fourth-order valence-corrected chi connectivity index (χ4v) is 1.80. The molecule has 0 aliphatic heterocycles. The Labute approximate surface area is 103 Å². The largest absolute Gasteiger partial charge is 0.467 e. The molecule has 1 rings (SSSR count). The molecule has 1 N–H and O–H groups in total. The van der Waals surface area contributed by atoms with Gasteiger partial charge in [0.15, 0.2) is 0 Å². The van der Waals surface area contributed by atoms with Crippen LogP contribution >= 0.6 is 0 Å². The first-order valence-electron chi connectivity index (χ1n) is 6.57. The van der Waals surface area contributed by atoms with E-state index in [0.717, 1.165) is 32.1 Å². The predicted octanol–water partition coefficient (Wildman–Crippen LogP) is 2.02. The fourth-order valence-electron chi connectivity index (χ4n) is 1.80. The molecule has 0 aromatic rings. The van der Waals surface area contributed by atoms with Gasteiger partial charge in [0.25, 0.3) is 0 Å². The second-order valence-electron chi connectivity index (χ2n) is 4.71. The van der Waals surface area contributed by atoms with Crippen molar-refractivity contribution in [1.82, 2.24) is 5.32 Å². The van der Waals surface area contributed by atoms with E-state index in [0.29, 0.717) is 6.42 Å². The first-order chi connectivity index (χ1) is 8.19. The summed E-state index contributed by atoms with van der Waals surface area (Å²) in [6.07, 6.45) is 6.99. The summed E-state index contributed by atoms with van der Waals surface area (Å²) in [5.74, 6) is -0.177. The van der Waals surface area contributed by atoms with E-state index in [1.165, 1.54) is 13.5 Å². The van der Waals surface area contributed by atoms with E-state index >= 15 is 0 Å². The molecule has 1 aliphatic carbocycles. The summed E-state index contributed by atoms with van der Waals surface area (Å²) in [7, 11) is 1.37. The number of hydrogen-bond donors (Lipinski definition) is 1. The Kier molecular flexibility index (Phi) is 6.01. The van der Waals surface area contributed by atoms with Crippen molar-refractivity contribution in [2.45, 2.75) is 57.9 Å². The van der Waals surface area contributed by atoms with E-state index < -0.39 is 6.04 Å². The molecule has 0 saturated heterocycles. The number of nitrogens with one attached hydrogen (secondary N) is 1. The molecule has 17 heavy (non-hydrogen) atoms. The van der Waals surface area contributed by atoms with Crippen LogP contribution in [0.1, 0.15) is 51.9 Å². The van der Waals surface area contributed by atoms with Gasteiger partial charge in [-0.25, -0.2) is 4.79 Å². The summed E-state index contributed by atoms with van der Waals surface area (Å²) in [6, 6.07) is -0.454. The molecule has 0 spiro atoms. The van der Waals surface area contributed by atoms with E-state index in [9.17, 15) is 9.59 Å². The SMILES string of the molecule is CCCCCC[C@@H](NC(=O)C1CC1)C(=O)OC. The lowest BCUT2D eigenvalue weighted by atomic mass is 10.1. The normalized spacial score (nSPS) is 16.4. The quantitative estimate of drug-likeness (QED) is 0.522. The summed E-state index contributed by atoms with van der Waals surface area (Å²) in [5.41, 5.74) is 0. The number of carbonyl (C=O) groups excluding carboxylic acids is 2. The van der Waals surface area contributed by atoms with Crippen LogP contribution in [0.25, 0.3) is 0 Å². The van der Waals surface area contributed by atoms with Gasteiger partial charge in [-0.05, 0) is 19.3 Å². The van der Waals surface area contributed by atoms with Gasteiger partial charge in [0, 0.05) is 5.92 Å². The zero-order valence-corrected chi connectivity index (χ0v) is 10.8. The van der Waals surface area contributed by atoms with Gasteiger partial charge in [0.1, 0.15) is 6.04 Å². The summed E-state index contributed by atoms with van der Waals surface area (Å²) in [4.78, 5) is 23.1. The minimum Gasteiger partial charge on any atom is -0.467 e. The maximum absolute atomic E-state index is 11.6. The van der Waals surface area contributed by atoms with E-state index in [4.69, 9.17) is 4.74 Å². The molecule has 1 amide bonds. The van der Waals surface area contributed by atoms with Gasteiger partial charge in [-0.1, -0.05) is 32.6 Å². The zero-order chi connectivity index (χ0) is 12.7. The molecule has 1 saturated carbocycles. The van der Waals surface area contributed by atoms with Crippen molar-refractivity contribution in [3.63, 3.8) is 0 Å². The van der Waals surface area contributed by atoms with Gasteiger partial charge in [-0.15, -0.1) is 0 Å². The Morgan fingerprint density at radius 3 is 2.53 bits per heavy atom. The molecule has 98 valence electrons. The van der Waals surface area contributed by atoms with Crippen molar-refractivity contribution in [1.29, 1.82) is 0 Å². The number of hydrogen-bond acceptors (Lipinski definition) is 3. The highest BCUT2D eigenvalue weighted by Crippen LogP contribution is 2.29. The summed E-state index contributed by atoms with van der Waals surface area (Å²) < 4.78 is 4.72. The standard InChI is InChI=1S/C13H23NO3/c1-3-4-5-6-7-11(13(16)17-2)14-12(15)10-8-9-10/h10-11H,3-9H2,1-2H3,(H,14,15)/t11-/m1/s1. The second-order valence-corrected chi connectivity index (χ2v) is 4.71. The molecule has 0 heterocycles. The molecule has 4 heteroatoms. The third kappa shape index (κ3) is 5.20. The van der Waals surface area contributed by atoms with Crippen molar-refractivity contribution >= 4 is 11.9 Å². The van der Waals surface area contributed by atoms with Crippen LogP contribution in [-0.4, -0.2) is 25.0 Å². The average molecular weight is 241 g/mol. The Hall–Kier alpha value is -1.06. The third-order valence-electron chi connectivity index (χ3n) is 3.10. The van der Waals surface area contributed by atoms with Crippen molar-refractivity contribution < 1.29 is 14.3 Å². The highest BCUT2D eigenvalue weighted by atomic mass is 16.5. The minimum absolute atomic E-state index is 0.0101. The van der Waals surface area contributed by atoms with Gasteiger partial charge >= 0.3 is 5.97 Å². The van der Waals surface area contributed by atoms with Crippen LogP contribution in [0.2, 0.25) is 0 Å². The molecule has 0 bridgehead atoms. The van der Waals surface area contributed by atoms with Crippen LogP contribution in [0.15, 0.2) is 0 Å². The second kappa shape index (κ2) is 7.30. The Morgan fingerprint density at radius 1 is 1.29 bits per heavy atom. The Bertz CT molecular complexity index is 261. The van der Waals surface area contributed by atoms with Crippen LogP contribution in [0, 0.1) is 5.92 Å². The number of unbranched alkanes of at least 4 members (excludes halogenated alkanes) is 3. The fraction of sp³-hybridized carbons (Fsp3) is 0.846. The first kappa shape index (κ1) is 14.0. The van der Waals surface area contributed by atoms with E-state index in [1.54, 1.807) is 0 Å². The minimum atomic E-state index is -0.454. The molecule has 4 nitrogen and oxygen atoms in total. The molecule has 1 fully saturated rings.